The van der Waals surface area contributed by atoms with E-state index in [4.69, 9.17) is 9.47 Å². The third-order valence-corrected chi connectivity index (χ3v) is 6.27. The van der Waals surface area contributed by atoms with Crippen molar-refractivity contribution in [3.63, 3.8) is 0 Å². The van der Waals surface area contributed by atoms with E-state index >= 15 is 0 Å². The molecular formula is C27H25FN4O3. The molecule has 2 heterocycles. The molecule has 0 bridgehead atoms. The first-order valence-electron chi connectivity index (χ1n) is 11.4. The maximum atomic E-state index is 14.3. The SMILES string of the molecule is C=CC(=O)N1CCC(Oc2cc3c(Nc4ccc(F)c5ccccc45)ncnc3cc2OC)CC1. The normalized spacial score (nSPS) is 14.2. The van der Waals surface area contributed by atoms with E-state index in [1.54, 1.807) is 24.1 Å². The lowest BCUT2D eigenvalue weighted by atomic mass is 10.1. The average Bonchev–Trinajstić information content (AvgIpc) is 2.90. The van der Waals surface area contributed by atoms with Gasteiger partial charge in [-0.3, -0.25) is 4.79 Å². The van der Waals surface area contributed by atoms with Gasteiger partial charge in [0.15, 0.2) is 11.5 Å². The van der Waals surface area contributed by atoms with Gasteiger partial charge in [-0.05, 0) is 24.3 Å². The van der Waals surface area contributed by atoms with Crippen LogP contribution in [0.4, 0.5) is 15.9 Å². The van der Waals surface area contributed by atoms with Crippen molar-refractivity contribution in [2.24, 2.45) is 0 Å². The number of nitrogens with zero attached hydrogens (tertiary/aromatic N) is 3. The van der Waals surface area contributed by atoms with Gasteiger partial charge in [0.2, 0.25) is 5.91 Å². The van der Waals surface area contributed by atoms with Crippen LogP contribution < -0.4 is 14.8 Å². The zero-order valence-corrected chi connectivity index (χ0v) is 19.3. The summed E-state index contributed by atoms with van der Waals surface area (Å²) in [6.45, 7) is 4.78. The molecule has 1 aliphatic heterocycles. The summed E-state index contributed by atoms with van der Waals surface area (Å²) in [4.78, 5) is 22.5. The number of aromatic nitrogens is 2. The summed E-state index contributed by atoms with van der Waals surface area (Å²) in [5.74, 6) is 1.38. The number of rotatable bonds is 6. The number of likely N-dealkylation sites (tertiary alicyclic amines) is 1. The van der Waals surface area contributed by atoms with Gasteiger partial charge < -0.3 is 19.7 Å². The van der Waals surface area contributed by atoms with Crippen molar-refractivity contribution < 1.29 is 18.7 Å². The molecule has 1 saturated heterocycles. The smallest absolute Gasteiger partial charge is 0.245 e. The molecule has 1 aromatic heterocycles. The number of hydrogen-bond donors (Lipinski definition) is 1. The Morgan fingerprint density at radius 3 is 2.60 bits per heavy atom. The topological polar surface area (TPSA) is 76.6 Å². The van der Waals surface area contributed by atoms with Gasteiger partial charge in [-0.2, -0.15) is 0 Å². The van der Waals surface area contributed by atoms with Crippen LogP contribution in [0.2, 0.25) is 0 Å². The van der Waals surface area contributed by atoms with Crippen molar-refractivity contribution in [3.8, 4) is 11.5 Å². The van der Waals surface area contributed by atoms with Crippen molar-refractivity contribution >= 4 is 39.1 Å². The van der Waals surface area contributed by atoms with Crippen LogP contribution in [-0.2, 0) is 4.79 Å². The number of carbonyl (C=O) groups is 1. The Bertz CT molecular complexity index is 1420. The Balaban J connectivity index is 1.46. The predicted octanol–water partition coefficient (Wildman–Crippen LogP) is 5.23. The monoisotopic (exact) mass is 472 g/mol. The molecule has 1 amide bonds. The zero-order valence-electron chi connectivity index (χ0n) is 19.3. The number of ether oxygens (including phenoxy) is 2. The quantitative estimate of drug-likeness (QED) is 0.387. The van der Waals surface area contributed by atoms with Crippen LogP contribution in [0.1, 0.15) is 12.8 Å². The van der Waals surface area contributed by atoms with Gasteiger partial charge in [0, 0.05) is 53.8 Å². The maximum absolute atomic E-state index is 14.3. The van der Waals surface area contributed by atoms with E-state index in [0.29, 0.717) is 54.2 Å². The van der Waals surface area contributed by atoms with Crippen molar-refractivity contribution in [1.29, 1.82) is 0 Å². The summed E-state index contributed by atoms with van der Waals surface area (Å²) < 4.78 is 26.2. The first kappa shape index (κ1) is 22.6. The van der Waals surface area contributed by atoms with Crippen molar-refractivity contribution in [3.05, 3.63) is 73.3 Å². The number of piperidine rings is 1. The highest BCUT2D eigenvalue weighted by Gasteiger charge is 2.24. The zero-order chi connectivity index (χ0) is 24.4. The molecule has 0 aliphatic carbocycles. The van der Waals surface area contributed by atoms with Gasteiger partial charge >= 0.3 is 0 Å². The summed E-state index contributed by atoms with van der Waals surface area (Å²) in [7, 11) is 1.59. The van der Waals surface area contributed by atoms with Gasteiger partial charge in [0.25, 0.3) is 0 Å². The molecule has 178 valence electrons. The third kappa shape index (κ3) is 4.47. The maximum Gasteiger partial charge on any atom is 0.245 e. The second kappa shape index (κ2) is 9.58. The standard InChI is InChI=1S/C27H25FN4O3/c1-3-26(33)32-12-10-17(11-13-32)35-25-14-20-23(15-24(25)34-2)29-16-30-27(20)31-22-9-8-21(28)18-6-4-5-7-19(18)22/h3-9,14-17H,1,10-13H2,2H3,(H,29,30,31). The van der Waals surface area contributed by atoms with Crippen molar-refractivity contribution in [2.45, 2.75) is 18.9 Å². The molecule has 0 atom stereocenters. The highest BCUT2D eigenvalue weighted by molar-refractivity contribution is 5.99. The van der Waals surface area contributed by atoms with E-state index in [1.807, 2.05) is 30.3 Å². The van der Waals surface area contributed by atoms with E-state index < -0.39 is 0 Å². The number of anilines is 2. The number of halogens is 1. The van der Waals surface area contributed by atoms with Crippen LogP contribution in [0.15, 0.2) is 67.5 Å². The molecule has 4 aromatic rings. The molecular weight excluding hydrogens is 447 g/mol. The summed E-state index contributed by atoms with van der Waals surface area (Å²) in [6.07, 6.45) is 4.17. The Labute approximate surface area is 202 Å². The Hall–Kier alpha value is -4.20. The number of benzene rings is 3. The minimum atomic E-state index is -0.278. The lowest BCUT2D eigenvalue weighted by molar-refractivity contribution is -0.127. The molecule has 5 rings (SSSR count). The number of hydrogen-bond acceptors (Lipinski definition) is 6. The van der Waals surface area contributed by atoms with Crippen molar-refractivity contribution in [2.75, 3.05) is 25.5 Å². The molecule has 0 saturated carbocycles. The van der Waals surface area contributed by atoms with Gasteiger partial charge in [-0.1, -0.05) is 30.8 Å². The Kier molecular flexibility index (Phi) is 6.18. The van der Waals surface area contributed by atoms with Crippen LogP contribution >= 0.6 is 0 Å². The highest BCUT2D eigenvalue weighted by Crippen LogP contribution is 2.37. The second-order valence-corrected chi connectivity index (χ2v) is 8.35. The van der Waals surface area contributed by atoms with E-state index in [1.165, 1.54) is 18.5 Å². The summed E-state index contributed by atoms with van der Waals surface area (Å²) >= 11 is 0. The first-order chi connectivity index (χ1) is 17.1. The fourth-order valence-electron chi connectivity index (χ4n) is 4.42. The summed E-state index contributed by atoms with van der Waals surface area (Å²) in [6, 6.07) is 14.1. The van der Waals surface area contributed by atoms with Crippen LogP contribution in [0.5, 0.6) is 11.5 Å². The molecule has 0 radical (unpaired) electrons. The van der Waals surface area contributed by atoms with E-state index in [2.05, 4.69) is 21.9 Å². The molecule has 7 nitrogen and oxygen atoms in total. The van der Waals surface area contributed by atoms with Crippen molar-refractivity contribution in [1.82, 2.24) is 14.9 Å². The Morgan fingerprint density at radius 2 is 1.86 bits per heavy atom. The fraction of sp³-hybridized carbons (Fsp3) is 0.222. The number of nitrogens with one attached hydrogen (secondary N) is 1. The van der Waals surface area contributed by atoms with Crippen LogP contribution in [0, 0.1) is 5.82 Å². The van der Waals surface area contributed by atoms with Gasteiger partial charge in [-0.25, -0.2) is 14.4 Å². The predicted molar refractivity (Wildman–Crippen MR) is 134 cm³/mol. The largest absolute Gasteiger partial charge is 0.493 e. The number of carbonyl (C=O) groups excluding carboxylic acids is 1. The Morgan fingerprint density at radius 1 is 1.09 bits per heavy atom. The average molecular weight is 473 g/mol. The summed E-state index contributed by atoms with van der Waals surface area (Å²) in [5.41, 5.74) is 1.42. The minimum Gasteiger partial charge on any atom is -0.493 e. The molecule has 0 spiro atoms. The fourth-order valence-corrected chi connectivity index (χ4v) is 4.42. The molecule has 3 aromatic carbocycles. The van der Waals surface area contributed by atoms with E-state index in [9.17, 15) is 9.18 Å². The molecule has 0 unspecified atom stereocenters. The molecule has 1 fully saturated rings. The molecule has 35 heavy (non-hydrogen) atoms. The number of methoxy groups -OCH3 is 1. The first-order valence-corrected chi connectivity index (χ1v) is 11.4. The number of fused-ring (bicyclic) bond motifs is 2. The van der Waals surface area contributed by atoms with Crippen LogP contribution in [0.3, 0.4) is 0 Å². The molecule has 8 heteroatoms. The van der Waals surface area contributed by atoms with Gasteiger partial charge in [0.1, 0.15) is 24.1 Å². The van der Waals surface area contributed by atoms with Gasteiger partial charge in [-0.15, -0.1) is 0 Å². The van der Waals surface area contributed by atoms with Crippen LogP contribution in [0.25, 0.3) is 21.7 Å². The summed E-state index contributed by atoms with van der Waals surface area (Å²) in [5, 5.41) is 5.37. The highest BCUT2D eigenvalue weighted by atomic mass is 19.1. The third-order valence-electron chi connectivity index (χ3n) is 6.27. The minimum absolute atomic E-state index is 0.0581. The van der Waals surface area contributed by atoms with E-state index in [0.717, 1.165) is 16.5 Å². The number of amides is 1. The van der Waals surface area contributed by atoms with E-state index in [-0.39, 0.29) is 17.8 Å². The lowest BCUT2D eigenvalue weighted by Crippen LogP contribution is -2.41. The molecule has 1 N–H and O–H groups in total. The van der Waals surface area contributed by atoms with Gasteiger partial charge in [0.05, 0.1) is 12.6 Å². The van der Waals surface area contributed by atoms with Crippen LogP contribution in [-0.4, -0.2) is 47.1 Å². The second-order valence-electron chi connectivity index (χ2n) is 8.35. The molecule has 1 aliphatic rings. The lowest BCUT2D eigenvalue weighted by Gasteiger charge is -2.31.